The van der Waals surface area contributed by atoms with E-state index in [2.05, 4.69) is 5.32 Å². The number of nitrogens with two attached hydrogens (primary N) is 1. The van der Waals surface area contributed by atoms with Crippen LogP contribution in [0.1, 0.15) is 18.4 Å². The van der Waals surface area contributed by atoms with Crippen LogP contribution in [0.2, 0.25) is 0 Å². The molecular weight excluding hydrogens is 216 g/mol. The van der Waals surface area contributed by atoms with Gasteiger partial charge in [0.25, 0.3) is 0 Å². The third-order valence-corrected chi connectivity index (χ3v) is 3.14. The van der Waals surface area contributed by atoms with Crippen molar-refractivity contribution >= 4 is 11.6 Å². The Hall–Kier alpha value is -1.55. The molecule has 0 aromatic heterocycles. The number of aliphatic hydroxyl groups is 1. The standard InChI is InChI=1S/C13H18N2O2/c14-11-3-1-9(2-4-11)7-13(17)15-8-10-5-12(16)6-10/h1-4,10,12,16H,5-8,14H2,(H,15,17). The Balaban J connectivity index is 1.71. The van der Waals surface area contributed by atoms with Gasteiger partial charge in [0.05, 0.1) is 12.5 Å². The number of hydrogen-bond acceptors (Lipinski definition) is 3. The van der Waals surface area contributed by atoms with Gasteiger partial charge >= 0.3 is 0 Å². The van der Waals surface area contributed by atoms with Gasteiger partial charge in [-0.15, -0.1) is 0 Å². The molecule has 1 saturated carbocycles. The van der Waals surface area contributed by atoms with E-state index in [0.717, 1.165) is 18.4 Å². The normalized spacial score (nSPS) is 22.9. The first kappa shape index (κ1) is 11.9. The number of aliphatic hydroxyl groups excluding tert-OH is 1. The Kier molecular flexibility index (Phi) is 3.64. The minimum absolute atomic E-state index is 0.0242. The first-order chi connectivity index (χ1) is 8.13. The van der Waals surface area contributed by atoms with Gasteiger partial charge in [-0.05, 0) is 36.5 Å². The minimum Gasteiger partial charge on any atom is -0.399 e. The van der Waals surface area contributed by atoms with Crippen molar-refractivity contribution in [3.63, 3.8) is 0 Å². The molecule has 4 heteroatoms. The van der Waals surface area contributed by atoms with Gasteiger partial charge in [0.15, 0.2) is 0 Å². The number of benzene rings is 1. The second-order valence-corrected chi connectivity index (χ2v) is 4.71. The van der Waals surface area contributed by atoms with Gasteiger partial charge in [0.1, 0.15) is 0 Å². The van der Waals surface area contributed by atoms with Gasteiger partial charge in [-0.1, -0.05) is 12.1 Å². The van der Waals surface area contributed by atoms with E-state index in [-0.39, 0.29) is 12.0 Å². The average Bonchev–Trinajstić information content (AvgIpc) is 2.26. The molecule has 4 nitrogen and oxygen atoms in total. The fourth-order valence-corrected chi connectivity index (χ4v) is 2.01. The quantitative estimate of drug-likeness (QED) is 0.671. The molecule has 0 aliphatic heterocycles. The summed E-state index contributed by atoms with van der Waals surface area (Å²) in [4.78, 5) is 11.6. The predicted octanol–water partition coefficient (Wildman–Crippen LogP) is 0.698. The number of carbonyl (C=O) groups excluding carboxylic acids is 1. The lowest BCUT2D eigenvalue weighted by Gasteiger charge is -2.31. The van der Waals surface area contributed by atoms with E-state index in [1.54, 1.807) is 12.1 Å². The van der Waals surface area contributed by atoms with Crippen LogP contribution < -0.4 is 11.1 Å². The van der Waals surface area contributed by atoms with Crippen LogP contribution in [0.5, 0.6) is 0 Å². The van der Waals surface area contributed by atoms with Crippen LogP contribution in [-0.4, -0.2) is 23.7 Å². The summed E-state index contributed by atoms with van der Waals surface area (Å²) in [5.74, 6) is 0.469. The fourth-order valence-electron chi connectivity index (χ4n) is 2.01. The van der Waals surface area contributed by atoms with Crippen LogP contribution in [0.3, 0.4) is 0 Å². The van der Waals surface area contributed by atoms with Gasteiger partial charge < -0.3 is 16.2 Å². The summed E-state index contributed by atoms with van der Waals surface area (Å²) >= 11 is 0. The van der Waals surface area contributed by atoms with Crippen LogP contribution in [0.15, 0.2) is 24.3 Å². The SMILES string of the molecule is Nc1ccc(CC(=O)NCC2CC(O)C2)cc1. The zero-order valence-corrected chi connectivity index (χ0v) is 9.73. The van der Waals surface area contributed by atoms with Crippen molar-refractivity contribution in [1.29, 1.82) is 0 Å². The minimum atomic E-state index is -0.158. The fraction of sp³-hybridized carbons (Fsp3) is 0.462. The number of carbonyl (C=O) groups is 1. The first-order valence-electron chi connectivity index (χ1n) is 5.92. The maximum absolute atomic E-state index is 11.6. The summed E-state index contributed by atoms with van der Waals surface area (Å²) in [6.07, 6.45) is 1.84. The van der Waals surface area contributed by atoms with E-state index in [0.29, 0.717) is 24.6 Å². The Morgan fingerprint density at radius 1 is 1.35 bits per heavy atom. The van der Waals surface area contributed by atoms with Gasteiger partial charge in [0, 0.05) is 12.2 Å². The Morgan fingerprint density at radius 3 is 2.59 bits per heavy atom. The Morgan fingerprint density at radius 2 is 2.00 bits per heavy atom. The third kappa shape index (κ3) is 3.46. The van der Waals surface area contributed by atoms with Crippen molar-refractivity contribution in [1.82, 2.24) is 5.32 Å². The van der Waals surface area contributed by atoms with Gasteiger partial charge in [-0.2, -0.15) is 0 Å². The van der Waals surface area contributed by atoms with E-state index in [1.165, 1.54) is 0 Å². The van der Waals surface area contributed by atoms with Crippen molar-refractivity contribution in [2.75, 3.05) is 12.3 Å². The van der Waals surface area contributed by atoms with E-state index in [1.807, 2.05) is 12.1 Å². The van der Waals surface area contributed by atoms with Crippen molar-refractivity contribution in [2.24, 2.45) is 5.92 Å². The average molecular weight is 234 g/mol. The zero-order chi connectivity index (χ0) is 12.3. The molecule has 0 saturated heterocycles. The van der Waals surface area contributed by atoms with Crippen molar-refractivity contribution in [2.45, 2.75) is 25.4 Å². The van der Waals surface area contributed by atoms with Crippen LogP contribution in [-0.2, 0) is 11.2 Å². The van der Waals surface area contributed by atoms with Gasteiger partial charge in [0.2, 0.25) is 5.91 Å². The maximum Gasteiger partial charge on any atom is 0.224 e. The molecule has 92 valence electrons. The summed E-state index contributed by atoms with van der Waals surface area (Å²) in [5, 5.41) is 12.0. The largest absolute Gasteiger partial charge is 0.399 e. The summed E-state index contributed by atoms with van der Waals surface area (Å²) in [6.45, 7) is 0.671. The molecule has 1 aliphatic carbocycles. The van der Waals surface area contributed by atoms with Crippen molar-refractivity contribution < 1.29 is 9.90 Å². The molecule has 2 rings (SSSR count). The molecule has 4 N–H and O–H groups in total. The molecule has 0 radical (unpaired) electrons. The molecule has 0 heterocycles. The molecule has 0 bridgehead atoms. The summed E-state index contributed by atoms with van der Waals surface area (Å²) in [7, 11) is 0. The number of amides is 1. The lowest BCUT2D eigenvalue weighted by atomic mass is 9.82. The number of hydrogen-bond donors (Lipinski definition) is 3. The molecule has 1 amide bonds. The second kappa shape index (κ2) is 5.19. The smallest absolute Gasteiger partial charge is 0.224 e. The summed E-state index contributed by atoms with van der Waals surface area (Å²) in [5.41, 5.74) is 7.24. The molecule has 1 aromatic carbocycles. The lowest BCUT2D eigenvalue weighted by Crippen LogP contribution is -2.38. The summed E-state index contributed by atoms with van der Waals surface area (Å²) in [6, 6.07) is 7.32. The first-order valence-corrected chi connectivity index (χ1v) is 5.92. The highest BCUT2D eigenvalue weighted by atomic mass is 16.3. The van der Waals surface area contributed by atoms with E-state index in [4.69, 9.17) is 10.8 Å². The van der Waals surface area contributed by atoms with E-state index < -0.39 is 0 Å². The third-order valence-electron chi connectivity index (χ3n) is 3.14. The summed E-state index contributed by atoms with van der Waals surface area (Å²) < 4.78 is 0. The van der Waals surface area contributed by atoms with Crippen LogP contribution in [0, 0.1) is 5.92 Å². The zero-order valence-electron chi connectivity index (χ0n) is 9.73. The molecule has 1 fully saturated rings. The molecule has 0 spiro atoms. The number of rotatable bonds is 4. The topological polar surface area (TPSA) is 75.4 Å². The Labute approximate surface area is 101 Å². The van der Waals surface area contributed by atoms with Crippen molar-refractivity contribution in [3.8, 4) is 0 Å². The molecular formula is C13H18N2O2. The van der Waals surface area contributed by atoms with Gasteiger partial charge in [-0.25, -0.2) is 0 Å². The maximum atomic E-state index is 11.6. The van der Waals surface area contributed by atoms with Crippen LogP contribution in [0.4, 0.5) is 5.69 Å². The highest BCUT2D eigenvalue weighted by Gasteiger charge is 2.26. The van der Waals surface area contributed by atoms with Crippen molar-refractivity contribution in [3.05, 3.63) is 29.8 Å². The number of nitrogens with one attached hydrogen (secondary N) is 1. The molecule has 17 heavy (non-hydrogen) atoms. The highest BCUT2D eigenvalue weighted by Crippen LogP contribution is 2.26. The van der Waals surface area contributed by atoms with E-state index in [9.17, 15) is 4.79 Å². The molecule has 1 aliphatic rings. The van der Waals surface area contributed by atoms with Crippen LogP contribution in [0.25, 0.3) is 0 Å². The van der Waals surface area contributed by atoms with E-state index >= 15 is 0 Å². The lowest BCUT2D eigenvalue weighted by molar-refractivity contribution is -0.121. The monoisotopic (exact) mass is 234 g/mol. The van der Waals surface area contributed by atoms with Crippen LogP contribution >= 0.6 is 0 Å². The predicted molar refractivity (Wildman–Crippen MR) is 66.3 cm³/mol. The molecule has 1 aromatic rings. The second-order valence-electron chi connectivity index (χ2n) is 4.71. The number of nitrogen functional groups attached to an aromatic ring is 1. The molecule has 0 atom stereocenters. The highest BCUT2D eigenvalue weighted by molar-refractivity contribution is 5.78. The number of anilines is 1. The van der Waals surface area contributed by atoms with Gasteiger partial charge in [-0.3, -0.25) is 4.79 Å². The Bertz CT molecular complexity index is 383. The molecule has 0 unspecified atom stereocenters.